The van der Waals surface area contributed by atoms with Gasteiger partial charge in [0.1, 0.15) is 11.9 Å². The zero-order valence-electron chi connectivity index (χ0n) is 14.5. The highest BCUT2D eigenvalue weighted by Gasteiger charge is 2.16. The zero-order chi connectivity index (χ0) is 17.5. The Bertz CT molecular complexity index is 684. The van der Waals surface area contributed by atoms with Gasteiger partial charge in [0.05, 0.1) is 25.4 Å². The lowest BCUT2D eigenvalue weighted by atomic mass is 10.1. The van der Waals surface area contributed by atoms with Crippen LogP contribution in [0.3, 0.4) is 0 Å². The number of carbonyl (C=O) groups is 1. The van der Waals surface area contributed by atoms with Crippen LogP contribution in [0.4, 0.5) is 5.69 Å². The zero-order valence-corrected chi connectivity index (χ0v) is 14.5. The summed E-state index contributed by atoms with van der Waals surface area (Å²) in [5.41, 5.74) is 1.79. The van der Waals surface area contributed by atoms with E-state index in [1.165, 1.54) is 0 Å². The Morgan fingerprint density at radius 3 is 2.56 bits per heavy atom. The van der Waals surface area contributed by atoms with Gasteiger partial charge in [0.2, 0.25) is 5.91 Å². The molecule has 5 nitrogen and oxygen atoms in total. The van der Waals surface area contributed by atoms with Crippen LogP contribution in [0.15, 0.2) is 54.6 Å². The minimum absolute atomic E-state index is 0.0367. The smallest absolute Gasteiger partial charge is 0.238 e. The maximum atomic E-state index is 12.3. The monoisotopic (exact) mass is 340 g/mol. The molecule has 0 saturated carbocycles. The van der Waals surface area contributed by atoms with E-state index >= 15 is 0 Å². The number of carbonyl (C=O) groups excluding carboxylic acids is 1. The number of nitrogens with one attached hydrogen (secondary N) is 1. The van der Waals surface area contributed by atoms with Crippen molar-refractivity contribution in [3.05, 3.63) is 60.2 Å². The van der Waals surface area contributed by atoms with Crippen LogP contribution in [-0.4, -0.2) is 43.7 Å². The Balaban J connectivity index is 1.63. The molecule has 1 aliphatic rings. The average Bonchev–Trinajstić information content (AvgIpc) is 2.65. The third kappa shape index (κ3) is 5.05. The predicted molar refractivity (Wildman–Crippen MR) is 97.8 cm³/mol. The summed E-state index contributed by atoms with van der Waals surface area (Å²) in [6.45, 7) is 5.31. The molecule has 0 aromatic heterocycles. The van der Waals surface area contributed by atoms with E-state index in [1.807, 2.05) is 61.5 Å². The Kier molecular flexibility index (Phi) is 6.04. The molecule has 2 aromatic carbocycles. The minimum Gasteiger partial charge on any atom is -0.484 e. The van der Waals surface area contributed by atoms with E-state index in [4.69, 9.17) is 9.47 Å². The molecular weight excluding hydrogens is 316 g/mol. The molecule has 3 rings (SSSR count). The van der Waals surface area contributed by atoms with Gasteiger partial charge in [-0.15, -0.1) is 0 Å². The number of hydrogen-bond donors (Lipinski definition) is 1. The first kappa shape index (κ1) is 17.5. The summed E-state index contributed by atoms with van der Waals surface area (Å²) >= 11 is 0. The van der Waals surface area contributed by atoms with E-state index < -0.39 is 0 Å². The van der Waals surface area contributed by atoms with Crippen LogP contribution in [0.25, 0.3) is 0 Å². The first-order valence-electron chi connectivity index (χ1n) is 8.63. The van der Waals surface area contributed by atoms with Gasteiger partial charge in [-0.05, 0) is 24.6 Å². The van der Waals surface area contributed by atoms with Gasteiger partial charge >= 0.3 is 0 Å². The van der Waals surface area contributed by atoms with Crippen molar-refractivity contribution in [3.63, 3.8) is 0 Å². The van der Waals surface area contributed by atoms with Gasteiger partial charge in [-0.1, -0.05) is 42.5 Å². The number of anilines is 1. The lowest BCUT2D eigenvalue weighted by molar-refractivity contribution is -0.118. The second-order valence-electron chi connectivity index (χ2n) is 6.10. The largest absolute Gasteiger partial charge is 0.484 e. The maximum absolute atomic E-state index is 12.3. The molecule has 1 amide bonds. The van der Waals surface area contributed by atoms with Gasteiger partial charge < -0.3 is 14.8 Å². The molecule has 0 bridgehead atoms. The molecule has 1 saturated heterocycles. The van der Waals surface area contributed by atoms with Crippen molar-refractivity contribution in [1.82, 2.24) is 4.90 Å². The molecule has 1 unspecified atom stereocenters. The Morgan fingerprint density at radius 2 is 1.80 bits per heavy atom. The molecular formula is C20H24N2O3. The number of hydrogen-bond acceptors (Lipinski definition) is 4. The fourth-order valence-electron chi connectivity index (χ4n) is 2.81. The van der Waals surface area contributed by atoms with Crippen LogP contribution in [0.2, 0.25) is 0 Å². The number of rotatable bonds is 6. The molecule has 0 aliphatic carbocycles. The van der Waals surface area contributed by atoms with E-state index in [9.17, 15) is 4.79 Å². The summed E-state index contributed by atoms with van der Waals surface area (Å²) < 4.78 is 11.4. The maximum Gasteiger partial charge on any atom is 0.238 e. The molecule has 25 heavy (non-hydrogen) atoms. The SMILES string of the molecule is CC(Oc1ccccc1NC(=O)CN1CCOCC1)c1ccccc1. The van der Waals surface area contributed by atoms with Gasteiger partial charge in [-0.25, -0.2) is 0 Å². The summed E-state index contributed by atoms with van der Waals surface area (Å²) in [6.07, 6.45) is -0.0986. The molecule has 1 heterocycles. The highest BCUT2D eigenvalue weighted by atomic mass is 16.5. The highest BCUT2D eigenvalue weighted by Crippen LogP contribution is 2.29. The number of morpholine rings is 1. The fraction of sp³-hybridized carbons (Fsp3) is 0.350. The second kappa shape index (κ2) is 8.65. The minimum atomic E-state index is -0.0986. The normalized spacial score (nSPS) is 16.2. The van der Waals surface area contributed by atoms with Crippen LogP contribution < -0.4 is 10.1 Å². The van der Waals surface area contributed by atoms with Crippen LogP contribution in [0.1, 0.15) is 18.6 Å². The summed E-state index contributed by atoms with van der Waals surface area (Å²) in [6, 6.07) is 17.6. The van der Waals surface area contributed by atoms with Crippen molar-refractivity contribution in [2.24, 2.45) is 0 Å². The number of ether oxygens (including phenoxy) is 2. The van der Waals surface area contributed by atoms with E-state index in [-0.39, 0.29) is 12.0 Å². The van der Waals surface area contributed by atoms with Crippen LogP contribution in [0.5, 0.6) is 5.75 Å². The van der Waals surface area contributed by atoms with Gasteiger partial charge in [-0.2, -0.15) is 0 Å². The lowest BCUT2D eigenvalue weighted by Crippen LogP contribution is -2.41. The van der Waals surface area contributed by atoms with Crippen molar-refractivity contribution in [3.8, 4) is 5.75 Å². The summed E-state index contributed by atoms with van der Waals surface area (Å²) in [4.78, 5) is 14.4. The molecule has 132 valence electrons. The van der Waals surface area contributed by atoms with Gasteiger partial charge in [-0.3, -0.25) is 9.69 Å². The standard InChI is InChI=1S/C20H24N2O3/c1-16(17-7-3-2-4-8-17)25-19-10-6-5-9-18(19)21-20(23)15-22-11-13-24-14-12-22/h2-10,16H,11-15H2,1H3,(H,21,23). The van der Waals surface area contributed by atoms with Gasteiger partial charge in [0, 0.05) is 13.1 Å². The molecule has 1 N–H and O–H groups in total. The fourth-order valence-corrected chi connectivity index (χ4v) is 2.81. The van der Waals surface area contributed by atoms with Crippen LogP contribution in [0, 0.1) is 0 Å². The van der Waals surface area contributed by atoms with E-state index in [0.717, 1.165) is 18.7 Å². The molecule has 5 heteroatoms. The van der Waals surface area contributed by atoms with Crippen molar-refractivity contribution >= 4 is 11.6 Å². The topological polar surface area (TPSA) is 50.8 Å². The Labute approximate surface area is 148 Å². The summed E-state index contributed by atoms with van der Waals surface area (Å²) in [5.74, 6) is 0.638. The van der Waals surface area contributed by atoms with Crippen molar-refractivity contribution < 1.29 is 14.3 Å². The van der Waals surface area contributed by atoms with Crippen molar-refractivity contribution in [2.75, 3.05) is 38.2 Å². The third-order valence-electron chi connectivity index (χ3n) is 4.20. The summed E-state index contributed by atoms with van der Waals surface area (Å²) in [5, 5.41) is 2.97. The van der Waals surface area contributed by atoms with E-state index in [1.54, 1.807) is 0 Å². The number of nitrogens with zero attached hydrogens (tertiary/aromatic N) is 1. The molecule has 1 fully saturated rings. The average molecular weight is 340 g/mol. The van der Waals surface area contributed by atoms with E-state index in [0.29, 0.717) is 31.2 Å². The Morgan fingerprint density at radius 1 is 1.12 bits per heavy atom. The van der Waals surface area contributed by atoms with Crippen LogP contribution >= 0.6 is 0 Å². The lowest BCUT2D eigenvalue weighted by Gasteiger charge is -2.26. The van der Waals surface area contributed by atoms with Gasteiger partial charge in [0.25, 0.3) is 0 Å². The summed E-state index contributed by atoms with van der Waals surface area (Å²) in [7, 11) is 0. The third-order valence-corrected chi connectivity index (χ3v) is 4.20. The second-order valence-corrected chi connectivity index (χ2v) is 6.10. The molecule has 1 atom stereocenters. The number of amides is 1. The molecule has 0 spiro atoms. The molecule has 2 aromatic rings. The quantitative estimate of drug-likeness (QED) is 0.878. The molecule has 0 radical (unpaired) electrons. The first-order valence-corrected chi connectivity index (χ1v) is 8.63. The molecule has 1 aliphatic heterocycles. The predicted octanol–water partition coefficient (Wildman–Crippen LogP) is 3.10. The van der Waals surface area contributed by atoms with Crippen molar-refractivity contribution in [2.45, 2.75) is 13.0 Å². The number of benzene rings is 2. The van der Waals surface area contributed by atoms with E-state index in [2.05, 4.69) is 10.2 Å². The van der Waals surface area contributed by atoms with Crippen LogP contribution in [-0.2, 0) is 9.53 Å². The highest BCUT2D eigenvalue weighted by molar-refractivity contribution is 5.93. The number of para-hydroxylation sites is 2. The van der Waals surface area contributed by atoms with Gasteiger partial charge in [0.15, 0.2) is 0 Å². The first-order chi connectivity index (χ1) is 12.2. The Hall–Kier alpha value is -2.37. The van der Waals surface area contributed by atoms with Crippen molar-refractivity contribution in [1.29, 1.82) is 0 Å².